The molecule has 5 nitrogen and oxygen atoms in total. The maximum Gasteiger partial charge on any atom is 0.270 e. The molecule has 0 aliphatic heterocycles. The molecule has 1 amide bonds. The highest BCUT2D eigenvalue weighted by atomic mass is 16.1. The number of anilines is 1. The SMILES string of the molecule is O=C(NC1CCCCCC1)c1cc(NC2CCCCC2)ncn1. The lowest BCUT2D eigenvalue weighted by molar-refractivity contribution is 0.0928. The van der Waals surface area contributed by atoms with Gasteiger partial charge in [-0.1, -0.05) is 44.9 Å². The van der Waals surface area contributed by atoms with Crippen LogP contribution in [0.2, 0.25) is 0 Å². The molecule has 2 saturated carbocycles. The molecular formula is C18H28N4O. The number of amides is 1. The summed E-state index contributed by atoms with van der Waals surface area (Å²) in [5.41, 5.74) is 0.475. The second-order valence-corrected chi connectivity index (χ2v) is 6.93. The number of nitrogens with one attached hydrogen (secondary N) is 2. The molecule has 1 heterocycles. The Hall–Kier alpha value is -1.65. The molecule has 126 valence electrons. The van der Waals surface area contributed by atoms with Crippen LogP contribution >= 0.6 is 0 Å². The molecule has 5 heteroatoms. The molecule has 0 unspecified atom stereocenters. The van der Waals surface area contributed by atoms with E-state index in [0.717, 1.165) is 18.7 Å². The number of rotatable bonds is 4. The molecular weight excluding hydrogens is 288 g/mol. The topological polar surface area (TPSA) is 66.9 Å². The van der Waals surface area contributed by atoms with Crippen molar-refractivity contribution in [2.24, 2.45) is 0 Å². The maximum atomic E-state index is 12.4. The van der Waals surface area contributed by atoms with Gasteiger partial charge in [0, 0.05) is 18.2 Å². The third-order valence-electron chi connectivity index (χ3n) is 5.05. The second kappa shape index (κ2) is 8.27. The maximum absolute atomic E-state index is 12.4. The molecule has 1 aromatic rings. The van der Waals surface area contributed by atoms with E-state index in [-0.39, 0.29) is 5.91 Å². The first-order chi connectivity index (χ1) is 11.3. The Morgan fingerprint density at radius 2 is 1.48 bits per heavy atom. The Bertz CT molecular complexity index is 505. The molecule has 0 atom stereocenters. The molecule has 2 N–H and O–H groups in total. The first-order valence-electron chi connectivity index (χ1n) is 9.21. The van der Waals surface area contributed by atoms with E-state index in [0.29, 0.717) is 17.8 Å². The summed E-state index contributed by atoms with van der Waals surface area (Å²) < 4.78 is 0. The highest BCUT2D eigenvalue weighted by molar-refractivity contribution is 5.93. The number of aromatic nitrogens is 2. The summed E-state index contributed by atoms with van der Waals surface area (Å²) in [7, 11) is 0. The van der Waals surface area contributed by atoms with Crippen molar-refractivity contribution in [3.63, 3.8) is 0 Å². The quantitative estimate of drug-likeness (QED) is 0.832. The molecule has 2 fully saturated rings. The molecule has 0 aromatic carbocycles. The minimum absolute atomic E-state index is 0.0639. The van der Waals surface area contributed by atoms with Gasteiger partial charge in [-0.3, -0.25) is 4.79 Å². The van der Waals surface area contributed by atoms with E-state index in [1.54, 1.807) is 6.07 Å². The van der Waals surface area contributed by atoms with E-state index in [9.17, 15) is 4.79 Å². The fourth-order valence-corrected chi connectivity index (χ4v) is 3.70. The van der Waals surface area contributed by atoms with Gasteiger partial charge in [-0.05, 0) is 25.7 Å². The van der Waals surface area contributed by atoms with Crippen molar-refractivity contribution in [3.05, 3.63) is 18.1 Å². The minimum atomic E-state index is -0.0639. The molecule has 23 heavy (non-hydrogen) atoms. The van der Waals surface area contributed by atoms with Crippen LogP contribution in [0.3, 0.4) is 0 Å². The fourth-order valence-electron chi connectivity index (χ4n) is 3.70. The van der Waals surface area contributed by atoms with Gasteiger partial charge >= 0.3 is 0 Å². The Balaban J connectivity index is 1.58. The molecule has 2 aliphatic rings. The van der Waals surface area contributed by atoms with Crippen molar-refractivity contribution in [1.82, 2.24) is 15.3 Å². The van der Waals surface area contributed by atoms with Gasteiger partial charge in [0.05, 0.1) is 0 Å². The monoisotopic (exact) mass is 316 g/mol. The highest BCUT2D eigenvalue weighted by Crippen LogP contribution is 2.21. The summed E-state index contributed by atoms with van der Waals surface area (Å²) >= 11 is 0. The third-order valence-corrected chi connectivity index (χ3v) is 5.05. The number of nitrogens with zero attached hydrogens (tertiary/aromatic N) is 2. The fraction of sp³-hybridized carbons (Fsp3) is 0.722. The van der Waals surface area contributed by atoms with Crippen LogP contribution in [-0.4, -0.2) is 28.0 Å². The first kappa shape index (κ1) is 16.2. The molecule has 0 spiro atoms. The van der Waals surface area contributed by atoms with Crippen LogP contribution in [0.15, 0.2) is 12.4 Å². The van der Waals surface area contributed by atoms with Crippen LogP contribution in [-0.2, 0) is 0 Å². The van der Waals surface area contributed by atoms with Crippen molar-refractivity contribution < 1.29 is 4.79 Å². The van der Waals surface area contributed by atoms with Crippen LogP contribution in [0, 0.1) is 0 Å². The lowest BCUT2D eigenvalue weighted by atomic mass is 9.95. The average molecular weight is 316 g/mol. The van der Waals surface area contributed by atoms with Gasteiger partial charge < -0.3 is 10.6 Å². The van der Waals surface area contributed by atoms with E-state index >= 15 is 0 Å². The largest absolute Gasteiger partial charge is 0.367 e. The number of carbonyl (C=O) groups excluding carboxylic acids is 1. The van der Waals surface area contributed by atoms with Crippen LogP contribution in [0.1, 0.15) is 81.1 Å². The summed E-state index contributed by atoms with van der Waals surface area (Å²) in [4.78, 5) is 20.9. The summed E-state index contributed by atoms with van der Waals surface area (Å²) in [6.45, 7) is 0. The number of hydrogen-bond acceptors (Lipinski definition) is 4. The van der Waals surface area contributed by atoms with E-state index in [2.05, 4.69) is 20.6 Å². The average Bonchev–Trinajstić information content (AvgIpc) is 2.85. The molecule has 0 saturated heterocycles. The zero-order chi connectivity index (χ0) is 15.9. The Morgan fingerprint density at radius 1 is 0.870 bits per heavy atom. The minimum Gasteiger partial charge on any atom is -0.367 e. The Morgan fingerprint density at radius 3 is 2.17 bits per heavy atom. The zero-order valence-electron chi connectivity index (χ0n) is 13.9. The van der Waals surface area contributed by atoms with Crippen molar-refractivity contribution in [2.45, 2.75) is 82.7 Å². The standard InChI is InChI=1S/C18H28N4O/c23-18(22-15-10-4-1-2-5-11-15)16-12-17(20-13-19-16)21-14-8-6-3-7-9-14/h12-15H,1-11H2,(H,22,23)(H,19,20,21). The van der Waals surface area contributed by atoms with E-state index < -0.39 is 0 Å². The zero-order valence-corrected chi connectivity index (χ0v) is 13.9. The van der Waals surface area contributed by atoms with E-state index in [1.165, 1.54) is 64.1 Å². The summed E-state index contributed by atoms with van der Waals surface area (Å²) in [5.74, 6) is 0.712. The number of carbonyl (C=O) groups is 1. The Labute approximate surface area is 138 Å². The lowest BCUT2D eigenvalue weighted by Crippen LogP contribution is -2.35. The van der Waals surface area contributed by atoms with Crippen LogP contribution in [0.5, 0.6) is 0 Å². The van der Waals surface area contributed by atoms with Crippen molar-refractivity contribution in [2.75, 3.05) is 5.32 Å². The molecule has 0 radical (unpaired) electrons. The van der Waals surface area contributed by atoms with Crippen LogP contribution in [0.4, 0.5) is 5.82 Å². The normalized spacial score (nSPS) is 20.7. The van der Waals surface area contributed by atoms with Gasteiger partial charge in [0.1, 0.15) is 17.8 Å². The Kier molecular flexibility index (Phi) is 5.83. The highest BCUT2D eigenvalue weighted by Gasteiger charge is 2.18. The predicted octanol–water partition coefficient (Wildman–Crippen LogP) is 3.67. The second-order valence-electron chi connectivity index (χ2n) is 6.93. The van der Waals surface area contributed by atoms with Crippen LogP contribution in [0.25, 0.3) is 0 Å². The van der Waals surface area contributed by atoms with Gasteiger partial charge in [-0.25, -0.2) is 9.97 Å². The summed E-state index contributed by atoms with van der Waals surface area (Å²) in [6, 6.07) is 2.58. The summed E-state index contributed by atoms with van der Waals surface area (Å²) in [6.07, 6.45) is 14.9. The van der Waals surface area contributed by atoms with E-state index in [1.807, 2.05) is 0 Å². The molecule has 2 aliphatic carbocycles. The van der Waals surface area contributed by atoms with Crippen molar-refractivity contribution in [1.29, 1.82) is 0 Å². The molecule has 3 rings (SSSR count). The van der Waals surface area contributed by atoms with Crippen molar-refractivity contribution >= 4 is 11.7 Å². The smallest absolute Gasteiger partial charge is 0.270 e. The predicted molar refractivity (Wildman–Crippen MR) is 91.5 cm³/mol. The lowest BCUT2D eigenvalue weighted by Gasteiger charge is -2.23. The van der Waals surface area contributed by atoms with Gasteiger partial charge in [-0.2, -0.15) is 0 Å². The molecule has 1 aromatic heterocycles. The van der Waals surface area contributed by atoms with E-state index in [4.69, 9.17) is 0 Å². The third kappa shape index (κ3) is 4.91. The first-order valence-corrected chi connectivity index (χ1v) is 9.21. The van der Waals surface area contributed by atoms with Gasteiger partial charge in [0.2, 0.25) is 0 Å². The van der Waals surface area contributed by atoms with Crippen LogP contribution < -0.4 is 10.6 Å². The van der Waals surface area contributed by atoms with Gasteiger partial charge in [0.15, 0.2) is 0 Å². The molecule has 0 bridgehead atoms. The summed E-state index contributed by atoms with van der Waals surface area (Å²) in [5, 5.41) is 6.61. The number of hydrogen-bond donors (Lipinski definition) is 2. The van der Waals surface area contributed by atoms with Crippen molar-refractivity contribution in [3.8, 4) is 0 Å². The van der Waals surface area contributed by atoms with Gasteiger partial charge in [-0.15, -0.1) is 0 Å². The van der Waals surface area contributed by atoms with Gasteiger partial charge in [0.25, 0.3) is 5.91 Å².